The fraction of sp³-hybridized carbons (Fsp3) is 0.545. The Kier molecular flexibility index (Phi) is 4.92. The van der Waals surface area contributed by atoms with Gasteiger partial charge >= 0.3 is 12.1 Å². The average Bonchev–Trinajstić information content (AvgIpc) is 3.21. The Labute approximate surface area is 170 Å². The highest BCUT2D eigenvalue weighted by Crippen LogP contribution is 2.53. The van der Waals surface area contributed by atoms with Crippen LogP contribution in [-0.2, 0) is 19.7 Å². The Bertz CT molecular complexity index is 938. The first-order valence-corrected chi connectivity index (χ1v) is 10.1. The molecule has 1 saturated carbocycles. The molecular weight excluding hydrogens is 372 g/mol. The Hall–Kier alpha value is -2.70. The number of aromatic amines is 1. The van der Waals surface area contributed by atoms with E-state index in [9.17, 15) is 9.59 Å². The summed E-state index contributed by atoms with van der Waals surface area (Å²) in [4.78, 5) is 31.2. The van der Waals surface area contributed by atoms with E-state index in [-0.39, 0.29) is 29.9 Å². The van der Waals surface area contributed by atoms with Gasteiger partial charge in [0, 0.05) is 23.1 Å². The maximum Gasteiger partial charge on any atom is 0.409 e. The first-order valence-electron chi connectivity index (χ1n) is 10.1. The number of carbonyl (C=O) groups is 2. The highest BCUT2D eigenvalue weighted by atomic mass is 16.5. The smallest absolute Gasteiger partial charge is 0.409 e. The molecule has 1 N–H and O–H groups in total. The van der Waals surface area contributed by atoms with E-state index < -0.39 is 5.41 Å². The van der Waals surface area contributed by atoms with Crippen LogP contribution in [0.15, 0.2) is 24.3 Å². The van der Waals surface area contributed by atoms with Crippen LogP contribution in [0.25, 0.3) is 10.9 Å². The quantitative estimate of drug-likeness (QED) is 0.795. The number of fused-ring (bicyclic) bond motifs is 4. The third-order valence-corrected chi connectivity index (χ3v) is 6.78. The molecule has 1 amide bonds. The zero-order valence-electron chi connectivity index (χ0n) is 17.4. The van der Waals surface area contributed by atoms with Crippen molar-refractivity contribution in [3.63, 3.8) is 0 Å². The summed E-state index contributed by atoms with van der Waals surface area (Å²) in [5, 5.41) is 0.960. The summed E-state index contributed by atoms with van der Waals surface area (Å²) in [7, 11) is 4.44. The molecular formula is C22H28N2O5. The number of amides is 1. The van der Waals surface area contributed by atoms with Crippen LogP contribution in [0.4, 0.5) is 4.79 Å². The number of nitrogens with one attached hydrogen (secondary N) is 1. The van der Waals surface area contributed by atoms with E-state index in [0.29, 0.717) is 13.0 Å². The second kappa shape index (κ2) is 7.28. The van der Waals surface area contributed by atoms with Gasteiger partial charge in [0.05, 0.1) is 27.4 Å². The predicted molar refractivity (Wildman–Crippen MR) is 108 cm³/mol. The van der Waals surface area contributed by atoms with Gasteiger partial charge in [-0.15, -0.1) is 0 Å². The summed E-state index contributed by atoms with van der Waals surface area (Å²) in [6.45, 7) is 2.72. The van der Waals surface area contributed by atoms with E-state index >= 15 is 0 Å². The van der Waals surface area contributed by atoms with Gasteiger partial charge < -0.3 is 24.1 Å². The van der Waals surface area contributed by atoms with Gasteiger partial charge in [-0.1, -0.05) is 13.3 Å². The van der Waals surface area contributed by atoms with Gasteiger partial charge in [0.25, 0.3) is 0 Å². The van der Waals surface area contributed by atoms with Crippen molar-refractivity contribution >= 4 is 23.0 Å². The summed E-state index contributed by atoms with van der Waals surface area (Å²) in [5.41, 5.74) is 0.759. The van der Waals surface area contributed by atoms with Gasteiger partial charge in [0.2, 0.25) is 0 Å². The first-order chi connectivity index (χ1) is 14.0. The van der Waals surface area contributed by atoms with Crippen LogP contribution in [0, 0.1) is 11.8 Å². The van der Waals surface area contributed by atoms with E-state index in [2.05, 4.69) is 11.9 Å². The van der Waals surface area contributed by atoms with Crippen LogP contribution >= 0.6 is 0 Å². The third kappa shape index (κ3) is 2.86. The number of H-pyrrole nitrogens is 1. The van der Waals surface area contributed by atoms with Crippen LogP contribution in [-0.4, -0.2) is 55.9 Å². The highest BCUT2D eigenvalue weighted by Gasteiger charge is 2.62. The van der Waals surface area contributed by atoms with Crippen molar-refractivity contribution < 1.29 is 23.8 Å². The molecule has 1 aromatic heterocycles. The lowest BCUT2D eigenvalue weighted by Gasteiger charge is -2.57. The largest absolute Gasteiger partial charge is 0.497 e. The molecule has 3 aliphatic rings. The number of esters is 1. The van der Waals surface area contributed by atoms with E-state index in [1.165, 1.54) is 14.2 Å². The predicted octanol–water partition coefficient (Wildman–Crippen LogP) is 3.47. The third-order valence-electron chi connectivity index (χ3n) is 6.78. The van der Waals surface area contributed by atoms with E-state index in [4.69, 9.17) is 14.2 Å². The maximum atomic E-state index is 13.4. The number of ether oxygens (including phenoxy) is 3. The van der Waals surface area contributed by atoms with Crippen molar-refractivity contribution in [2.45, 2.75) is 37.6 Å². The topological polar surface area (TPSA) is 80.9 Å². The van der Waals surface area contributed by atoms with Crippen molar-refractivity contribution in [2.24, 2.45) is 11.8 Å². The highest BCUT2D eigenvalue weighted by molar-refractivity contribution is 5.90. The number of hydrogen-bond acceptors (Lipinski definition) is 5. The van der Waals surface area contributed by atoms with Crippen molar-refractivity contribution in [1.82, 2.24) is 9.88 Å². The molecule has 3 fully saturated rings. The molecule has 1 aromatic carbocycles. The van der Waals surface area contributed by atoms with Gasteiger partial charge in [-0.3, -0.25) is 4.79 Å². The summed E-state index contributed by atoms with van der Waals surface area (Å²) in [6.07, 6.45) is 2.14. The van der Waals surface area contributed by atoms with Crippen molar-refractivity contribution in [3.8, 4) is 5.75 Å². The molecule has 1 aliphatic carbocycles. The molecule has 2 bridgehead atoms. The zero-order valence-corrected chi connectivity index (χ0v) is 17.4. The normalized spacial score (nSPS) is 28.4. The summed E-state index contributed by atoms with van der Waals surface area (Å²) < 4.78 is 15.8. The van der Waals surface area contributed by atoms with Crippen molar-refractivity contribution in [1.29, 1.82) is 0 Å². The van der Waals surface area contributed by atoms with E-state index in [0.717, 1.165) is 35.2 Å². The molecule has 7 heteroatoms. The van der Waals surface area contributed by atoms with Crippen LogP contribution in [0.5, 0.6) is 5.75 Å². The summed E-state index contributed by atoms with van der Waals surface area (Å²) >= 11 is 0. The lowest BCUT2D eigenvalue weighted by molar-refractivity contribution is -0.161. The van der Waals surface area contributed by atoms with Gasteiger partial charge in [0.15, 0.2) is 0 Å². The van der Waals surface area contributed by atoms with Gasteiger partial charge in [-0.05, 0) is 48.9 Å². The van der Waals surface area contributed by atoms with Crippen LogP contribution in [0.2, 0.25) is 0 Å². The monoisotopic (exact) mass is 400 g/mol. The number of carbonyl (C=O) groups excluding carboxylic acids is 2. The fourth-order valence-corrected chi connectivity index (χ4v) is 5.61. The summed E-state index contributed by atoms with van der Waals surface area (Å²) in [6, 6.07) is 7.45. The number of aromatic nitrogens is 1. The minimum atomic E-state index is -0.947. The second-order valence-corrected chi connectivity index (χ2v) is 8.14. The van der Waals surface area contributed by atoms with E-state index in [1.807, 2.05) is 24.3 Å². The molecule has 7 nitrogen and oxygen atoms in total. The number of benzene rings is 1. The Morgan fingerprint density at radius 2 is 2.00 bits per heavy atom. The lowest BCUT2D eigenvalue weighted by atomic mass is 9.56. The Morgan fingerprint density at radius 3 is 2.66 bits per heavy atom. The number of methoxy groups -OCH3 is 3. The second-order valence-electron chi connectivity index (χ2n) is 8.14. The fourth-order valence-electron chi connectivity index (χ4n) is 5.61. The van der Waals surface area contributed by atoms with E-state index in [1.54, 1.807) is 12.0 Å². The first kappa shape index (κ1) is 19.6. The molecule has 0 spiro atoms. The minimum Gasteiger partial charge on any atom is -0.497 e. The van der Waals surface area contributed by atoms with Crippen LogP contribution in [0.3, 0.4) is 0 Å². The van der Waals surface area contributed by atoms with Gasteiger partial charge in [0.1, 0.15) is 11.2 Å². The molecule has 29 heavy (non-hydrogen) atoms. The summed E-state index contributed by atoms with van der Waals surface area (Å²) in [5.74, 6) is 0.853. The molecule has 2 aliphatic heterocycles. The molecule has 5 rings (SSSR count). The molecule has 0 radical (unpaired) electrons. The molecule has 4 atom stereocenters. The molecule has 2 aromatic rings. The van der Waals surface area contributed by atoms with Crippen molar-refractivity contribution in [3.05, 3.63) is 30.0 Å². The molecule has 0 unspecified atom stereocenters. The molecule has 156 valence electrons. The van der Waals surface area contributed by atoms with Gasteiger partial charge in [-0.2, -0.15) is 0 Å². The number of piperidine rings is 2. The van der Waals surface area contributed by atoms with Crippen LogP contribution < -0.4 is 4.74 Å². The zero-order chi connectivity index (χ0) is 20.8. The standard InChI is InChI=1S/C22H28N2O5/c1-5-14-8-13-11-22(20(25)28-3,19(14)24(12-13)21(26)29-4)18-10-15-9-16(27-2)6-7-17(15)23-18/h6-7,9-10,13-14,19,23H,5,8,11-12H2,1-4H3/t13-,14-,19-,22+/m0/s1. The number of rotatable bonds is 4. The SMILES string of the molecule is CC[C@H]1C[C@@H]2CN(C(=O)OC)[C@@H]1[C@](C(=O)OC)(c1cc3cc(OC)ccc3[nH]1)C2. The Morgan fingerprint density at radius 1 is 1.21 bits per heavy atom. The van der Waals surface area contributed by atoms with Crippen molar-refractivity contribution in [2.75, 3.05) is 27.9 Å². The van der Waals surface area contributed by atoms with Crippen LogP contribution in [0.1, 0.15) is 31.9 Å². The average molecular weight is 400 g/mol. The number of hydrogen-bond donors (Lipinski definition) is 1. The number of nitrogens with zero attached hydrogens (tertiary/aromatic N) is 1. The molecule has 3 heterocycles. The maximum absolute atomic E-state index is 13.4. The molecule has 2 saturated heterocycles. The Balaban J connectivity index is 1.91. The van der Waals surface area contributed by atoms with Gasteiger partial charge in [-0.25, -0.2) is 4.79 Å². The minimum absolute atomic E-state index is 0.196. The lowest BCUT2D eigenvalue weighted by Crippen LogP contribution is -2.69.